The average Bonchev–Trinajstić information content (AvgIpc) is 3.25. The van der Waals surface area contributed by atoms with E-state index in [4.69, 9.17) is 16.7 Å². The van der Waals surface area contributed by atoms with Crippen LogP contribution in [0.15, 0.2) is 127 Å². The number of fused-ring (bicyclic) bond motifs is 4. The lowest BCUT2D eigenvalue weighted by atomic mass is 10.2. The van der Waals surface area contributed by atoms with Crippen molar-refractivity contribution in [2.24, 2.45) is 0 Å². The molecule has 0 fully saturated rings. The maximum atomic E-state index is 12.0. The topological polar surface area (TPSA) is 252 Å². The van der Waals surface area contributed by atoms with E-state index in [-0.39, 0.29) is 37.0 Å². The fourth-order valence-electron chi connectivity index (χ4n) is 5.38. The molecule has 16 nitrogen and oxygen atoms in total. The first-order chi connectivity index (χ1) is 29.8. The van der Waals surface area contributed by atoms with E-state index in [1.54, 1.807) is 57.7 Å². The first-order valence-corrected chi connectivity index (χ1v) is 24.3. The smallest absolute Gasteiger partial charge is 0.258 e. The van der Waals surface area contributed by atoms with Gasteiger partial charge in [-0.25, -0.2) is 41.8 Å². The third-order valence-electron chi connectivity index (χ3n) is 8.65. The third-order valence-corrected chi connectivity index (χ3v) is 14.9. The summed E-state index contributed by atoms with van der Waals surface area (Å²) in [5.41, 5.74) is 2.09. The molecule has 0 saturated heterocycles. The van der Waals surface area contributed by atoms with E-state index in [2.05, 4.69) is 76.3 Å². The molecule has 0 saturated carbocycles. The van der Waals surface area contributed by atoms with Crippen molar-refractivity contribution in [2.75, 3.05) is 7.11 Å². The number of benzene rings is 4. The molecular weight excluding hydrogens is 1000 g/mol. The monoisotopic (exact) mass is 1050 g/mol. The largest absolute Gasteiger partial charge is 0.400 e. The fraction of sp³-hybridized carbons (Fsp3) is 0.238. The molecule has 4 aromatic heterocycles. The van der Waals surface area contributed by atoms with Crippen LogP contribution < -0.4 is 16.7 Å². The third kappa shape index (κ3) is 13.0. The minimum Gasteiger partial charge on any atom is -0.400 e. The maximum absolute atomic E-state index is 12.0. The van der Waals surface area contributed by atoms with Crippen molar-refractivity contribution in [1.29, 1.82) is 0 Å². The Morgan fingerprint density at radius 3 is 1.41 bits per heavy atom. The molecule has 332 valence electrons. The van der Waals surface area contributed by atoms with Crippen molar-refractivity contribution in [3.63, 3.8) is 0 Å². The molecule has 8 aromatic rings. The molecule has 21 heteroatoms. The minimum atomic E-state index is -3.37. The van der Waals surface area contributed by atoms with Gasteiger partial charge in [0.05, 0.1) is 77.5 Å². The van der Waals surface area contributed by atoms with Gasteiger partial charge in [-0.1, -0.05) is 25.4 Å². The van der Waals surface area contributed by atoms with Crippen LogP contribution in [0.4, 0.5) is 0 Å². The second kappa shape index (κ2) is 22.5. The number of nitrogens with zero attached hydrogens (tertiary/aromatic N) is 5. The van der Waals surface area contributed by atoms with E-state index < -0.39 is 30.2 Å². The SMILES string of the molecule is CC(C)S(=O)(=O)c1ccc2nc[nH]c(=O)c2c1.CC(C)S(=O)(=O)c1ccc2ncnc(Cl)c2c1.CC(C)Sc1ccc2nc[nH]c(=O)c2c1.CO.O=c1[nH]cnc2ccc(I)cc12. The molecule has 0 amide bonds. The van der Waals surface area contributed by atoms with E-state index in [0.717, 1.165) is 26.6 Å². The number of nitrogens with one attached hydrogen (secondary N) is 3. The molecule has 0 radical (unpaired) electrons. The van der Waals surface area contributed by atoms with Gasteiger partial charge in [0.1, 0.15) is 11.5 Å². The Balaban J connectivity index is 0.000000183. The van der Waals surface area contributed by atoms with Crippen molar-refractivity contribution in [3.05, 3.63) is 138 Å². The molecule has 8 rings (SSSR count). The van der Waals surface area contributed by atoms with Crippen molar-refractivity contribution < 1.29 is 21.9 Å². The Labute approximate surface area is 385 Å². The van der Waals surface area contributed by atoms with Gasteiger partial charge < -0.3 is 20.1 Å². The molecular formula is C42H44ClIN8O8S3. The summed E-state index contributed by atoms with van der Waals surface area (Å²) in [5.74, 6) is 0. The number of thioether (sulfide) groups is 1. The number of H-pyrrole nitrogens is 3. The molecule has 0 atom stereocenters. The van der Waals surface area contributed by atoms with Crippen LogP contribution in [-0.4, -0.2) is 84.7 Å². The summed E-state index contributed by atoms with van der Waals surface area (Å²) in [7, 11) is -5.66. The van der Waals surface area contributed by atoms with Crippen LogP contribution in [-0.2, 0) is 19.7 Å². The zero-order valence-electron chi connectivity index (χ0n) is 35.0. The number of sulfone groups is 2. The first kappa shape index (κ1) is 50.5. The van der Waals surface area contributed by atoms with Crippen LogP contribution >= 0.6 is 46.0 Å². The molecule has 0 aliphatic heterocycles. The van der Waals surface area contributed by atoms with Crippen LogP contribution in [0.3, 0.4) is 0 Å². The van der Waals surface area contributed by atoms with Gasteiger partial charge in [0.2, 0.25) is 0 Å². The summed E-state index contributed by atoms with van der Waals surface area (Å²) < 4.78 is 49.0. The predicted molar refractivity (Wildman–Crippen MR) is 258 cm³/mol. The summed E-state index contributed by atoms with van der Waals surface area (Å²) in [6.07, 6.45) is 5.49. The lowest BCUT2D eigenvalue weighted by molar-refractivity contribution is 0.399. The summed E-state index contributed by atoms with van der Waals surface area (Å²) >= 11 is 9.82. The summed E-state index contributed by atoms with van der Waals surface area (Å²) in [6.45, 7) is 10.7. The van der Waals surface area contributed by atoms with E-state index in [0.29, 0.717) is 32.4 Å². The first-order valence-electron chi connectivity index (χ1n) is 18.9. The standard InChI is InChI=1S/C11H11ClN2O2S.C11H12N2O3S.C11H12N2OS.C8H5IN2O.CH4O/c1-7(2)17(15,16)8-3-4-10-9(5-8)11(12)14-6-13-10;1-7(2)17(15,16)8-3-4-10-9(5-8)11(14)13-6-12-10;1-7(2)15-8-3-4-10-9(5-8)11(14)13-6-12-10;9-5-1-2-7-6(3-5)8(12)11-4-10-7;1-2/h3-7H,1-2H3;3-7H,1-2H3,(H,12,13,14);3-7H,1-2H3,(H,12,13,14);1-4H,(H,10,11,12);2H,1H3. The highest BCUT2D eigenvalue weighted by atomic mass is 127. The van der Waals surface area contributed by atoms with Crippen LogP contribution in [0, 0.1) is 3.57 Å². The zero-order chi connectivity index (χ0) is 46.6. The Kier molecular flexibility index (Phi) is 18.0. The predicted octanol–water partition coefficient (Wildman–Crippen LogP) is 7.13. The van der Waals surface area contributed by atoms with E-state index in [1.807, 2.05) is 36.4 Å². The molecule has 63 heavy (non-hydrogen) atoms. The Hall–Kier alpha value is -5.13. The molecule has 4 N–H and O–H groups in total. The number of halogens is 2. The number of hydrogen-bond acceptors (Lipinski definition) is 14. The number of aromatic amines is 3. The Morgan fingerprint density at radius 2 is 0.952 bits per heavy atom. The van der Waals surface area contributed by atoms with Gasteiger partial charge in [0, 0.05) is 26.2 Å². The van der Waals surface area contributed by atoms with Gasteiger partial charge in [0.25, 0.3) is 16.7 Å². The van der Waals surface area contributed by atoms with Crippen LogP contribution in [0.25, 0.3) is 43.6 Å². The van der Waals surface area contributed by atoms with Crippen molar-refractivity contribution in [1.82, 2.24) is 39.9 Å². The highest BCUT2D eigenvalue weighted by molar-refractivity contribution is 14.1. The quantitative estimate of drug-likeness (QED) is 0.0735. The summed E-state index contributed by atoms with van der Waals surface area (Å²) in [6, 6.07) is 20.5. The second-order valence-corrected chi connectivity index (χ2v) is 22.2. The molecule has 0 aliphatic carbocycles. The number of aromatic nitrogens is 8. The summed E-state index contributed by atoms with van der Waals surface area (Å²) in [4.78, 5) is 63.3. The van der Waals surface area contributed by atoms with Gasteiger partial charge >= 0.3 is 0 Å². The van der Waals surface area contributed by atoms with Gasteiger partial charge in [-0.15, -0.1) is 11.8 Å². The molecule has 4 aromatic carbocycles. The normalized spacial score (nSPS) is 11.3. The lowest BCUT2D eigenvalue weighted by Gasteiger charge is -2.08. The number of aliphatic hydroxyl groups excluding tert-OH is 1. The lowest BCUT2D eigenvalue weighted by Crippen LogP contribution is -2.15. The molecule has 4 heterocycles. The highest BCUT2D eigenvalue weighted by Crippen LogP contribution is 2.26. The van der Waals surface area contributed by atoms with Crippen molar-refractivity contribution in [3.8, 4) is 0 Å². The van der Waals surface area contributed by atoms with Crippen molar-refractivity contribution in [2.45, 2.75) is 72.0 Å². The summed E-state index contributed by atoms with van der Waals surface area (Å²) in [5, 5.41) is 8.92. The number of hydrogen-bond donors (Lipinski definition) is 4. The van der Waals surface area contributed by atoms with E-state index >= 15 is 0 Å². The molecule has 0 bridgehead atoms. The van der Waals surface area contributed by atoms with Crippen LogP contribution in [0.5, 0.6) is 0 Å². The van der Waals surface area contributed by atoms with Gasteiger partial charge in [-0.05, 0) is 123 Å². The average molecular weight is 1050 g/mol. The molecule has 0 aliphatic rings. The van der Waals surface area contributed by atoms with Gasteiger partial charge in [-0.2, -0.15) is 0 Å². The number of aliphatic hydroxyl groups is 1. The maximum Gasteiger partial charge on any atom is 0.258 e. The van der Waals surface area contributed by atoms with Crippen molar-refractivity contribution >= 4 is 109 Å². The van der Waals surface area contributed by atoms with E-state index in [1.165, 1.54) is 43.5 Å². The zero-order valence-corrected chi connectivity index (χ0v) is 40.4. The van der Waals surface area contributed by atoms with Gasteiger partial charge in [0.15, 0.2) is 19.7 Å². The Bertz CT molecular complexity index is 3270. The van der Waals surface area contributed by atoms with E-state index in [9.17, 15) is 31.2 Å². The highest BCUT2D eigenvalue weighted by Gasteiger charge is 2.21. The Morgan fingerprint density at radius 1 is 0.556 bits per heavy atom. The van der Waals surface area contributed by atoms with Crippen LogP contribution in [0.2, 0.25) is 5.15 Å². The minimum absolute atomic E-state index is 0.0776. The molecule has 0 spiro atoms. The molecule has 0 unspecified atom stereocenters. The van der Waals surface area contributed by atoms with Gasteiger partial charge in [-0.3, -0.25) is 14.4 Å². The van der Waals surface area contributed by atoms with Crippen LogP contribution in [0.1, 0.15) is 41.5 Å². The fourth-order valence-corrected chi connectivity index (χ4v) is 9.12. The second-order valence-electron chi connectivity index (χ2n) is 13.9. The number of rotatable bonds is 6.